The molecule has 0 fully saturated rings. The number of hydrogen-bond donors (Lipinski definition) is 1. The number of nitrogens with zero attached hydrogens (tertiary/aromatic N) is 4. The summed E-state index contributed by atoms with van der Waals surface area (Å²) < 4.78 is 11.4. The van der Waals surface area contributed by atoms with Crippen molar-refractivity contribution < 1.29 is 14.3 Å². The fraction of sp³-hybridized carbons (Fsp3) is 0.405. The van der Waals surface area contributed by atoms with E-state index in [4.69, 9.17) is 24.5 Å². The van der Waals surface area contributed by atoms with Crippen molar-refractivity contribution in [2.24, 2.45) is 15.0 Å². The second-order valence-corrected chi connectivity index (χ2v) is 11.2. The van der Waals surface area contributed by atoms with Crippen LogP contribution in [0.25, 0.3) is 0 Å². The van der Waals surface area contributed by atoms with Crippen LogP contribution in [0.4, 0.5) is 17.1 Å². The van der Waals surface area contributed by atoms with Gasteiger partial charge in [0.25, 0.3) is 0 Å². The van der Waals surface area contributed by atoms with Crippen molar-refractivity contribution >= 4 is 40.4 Å². The van der Waals surface area contributed by atoms with E-state index in [2.05, 4.69) is 50.0 Å². The minimum atomic E-state index is -0.00117. The largest absolute Gasteiger partial charge is 0.496 e. The van der Waals surface area contributed by atoms with Crippen LogP contribution in [-0.2, 0) is 4.79 Å². The highest BCUT2D eigenvalue weighted by molar-refractivity contribution is 6.54. The van der Waals surface area contributed by atoms with E-state index in [-0.39, 0.29) is 5.91 Å². The van der Waals surface area contributed by atoms with Crippen LogP contribution < -0.4 is 19.7 Å². The van der Waals surface area contributed by atoms with Crippen molar-refractivity contribution in [2.45, 2.75) is 72.6 Å². The summed E-state index contributed by atoms with van der Waals surface area (Å²) in [4.78, 5) is 30.1. The second-order valence-electron chi connectivity index (χ2n) is 11.2. The predicted molar refractivity (Wildman–Crippen MR) is 188 cm³/mol. The lowest BCUT2D eigenvalue weighted by molar-refractivity contribution is -0.116. The van der Waals surface area contributed by atoms with Crippen LogP contribution in [0.1, 0.15) is 82.4 Å². The lowest BCUT2D eigenvalue weighted by Gasteiger charge is -2.21. The minimum Gasteiger partial charge on any atom is -0.496 e. The number of aliphatic imine (C=N–C) groups is 3. The zero-order valence-corrected chi connectivity index (χ0v) is 27.7. The SMILES string of the molecule is CCCCCCCCC(=O)Nc1ccc(OC)c(C2=NC(c3ccccc3OC)=NC2=Nc2ccc(N(CC)CC)cc2C)c1. The van der Waals surface area contributed by atoms with Crippen LogP contribution >= 0.6 is 0 Å². The van der Waals surface area contributed by atoms with E-state index in [1.807, 2.05) is 48.5 Å². The van der Waals surface area contributed by atoms with Crippen molar-refractivity contribution in [3.63, 3.8) is 0 Å². The number of nitrogens with one attached hydrogen (secondary N) is 1. The third-order valence-corrected chi connectivity index (χ3v) is 8.02. The quantitative estimate of drug-likeness (QED) is 0.165. The molecule has 0 aromatic heterocycles. The van der Waals surface area contributed by atoms with Crippen molar-refractivity contribution in [1.82, 2.24) is 0 Å². The number of aryl methyl sites for hydroxylation is 1. The highest BCUT2D eigenvalue weighted by Crippen LogP contribution is 2.31. The Kier molecular flexibility index (Phi) is 12.3. The van der Waals surface area contributed by atoms with Gasteiger partial charge in [-0.05, 0) is 81.3 Å². The summed E-state index contributed by atoms with van der Waals surface area (Å²) in [5.74, 6) is 2.24. The summed E-state index contributed by atoms with van der Waals surface area (Å²) in [6.07, 6.45) is 7.30. The number of benzene rings is 3. The Morgan fingerprint density at radius 3 is 2.24 bits per heavy atom. The Balaban J connectivity index is 1.70. The van der Waals surface area contributed by atoms with Gasteiger partial charge in [-0.25, -0.2) is 15.0 Å². The molecule has 0 bridgehead atoms. The molecule has 238 valence electrons. The summed E-state index contributed by atoms with van der Waals surface area (Å²) in [7, 11) is 3.26. The van der Waals surface area contributed by atoms with E-state index in [9.17, 15) is 4.79 Å². The third kappa shape index (κ3) is 8.59. The minimum absolute atomic E-state index is 0.00117. The maximum atomic E-state index is 12.8. The van der Waals surface area contributed by atoms with E-state index in [0.717, 1.165) is 48.4 Å². The molecule has 0 saturated carbocycles. The van der Waals surface area contributed by atoms with E-state index in [0.29, 0.717) is 46.6 Å². The highest BCUT2D eigenvalue weighted by atomic mass is 16.5. The van der Waals surface area contributed by atoms with Gasteiger partial charge in [0.05, 0.1) is 25.5 Å². The molecule has 0 spiro atoms. The third-order valence-electron chi connectivity index (χ3n) is 8.02. The zero-order valence-electron chi connectivity index (χ0n) is 27.7. The number of rotatable bonds is 16. The molecular formula is C37H47N5O3. The number of anilines is 2. The number of carbonyl (C=O) groups is 1. The Labute approximate surface area is 268 Å². The zero-order chi connectivity index (χ0) is 32.2. The van der Waals surface area contributed by atoms with E-state index in [1.165, 1.54) is 25.7 Å². The smallest absolute Gasteiger partial charge is 0.224 e. The van der Waals surface area contributed by atoms with Crippen LogP contribution in [0.2, 0.25) is 0 Å². The molecule has 1 aliphatic rings. The maximum Gasteiger partial charge on any atom is 0.224 e. The maximum absolute atomic E-state index is 12.8. The lowest BCUT2D eigenvalue weighted by Crippen LogP contribution is -2.21. The number of methoxy groups -OCH3 is 2. The Hall–Kier alpha value is -4.46. The molecule has 3 aromatic carbocycles. The van der Waals surface area contributed by atoms with Gasteiger partial charge in [-0.2, -0.15) is 0 Å². The molecule has 0 radical (unpaired) electrons. The highest BCUT2D eigenvalue weighted by Gasteiger charge is 2.26. The normalized spacial score (nSPS) is 13.4. The molecule has 3 aromatic rings. The molecule has 0 saturated heterocycles. The first-order valence-electron chi connectivity index (χ1n) is 16.2. The fourth-order valence-corrected chi connectivity index (χ4v) is 5.47. The number of carbonyl (C=O) groups excluding carboxylic acids is 1. The number of amides is 1. The molecule has 45 heavy (non-hydrogen) atoms. The van der Waals surface area contributed by atoms with E-state index >= 15 is 0 Å². The van der Waals surface area contributed by atoms with Gasteiger partial charge in [-0.1, -0.05) is 51.2 Å². The van der Waals surface area contributed by atoms with E-state index in [1.54, 1.807) is 14.2 Å². The van der Waals surface area contributed by atoms with Crippen LogP contribution in [0.3, 0.4) is 0 Å². The molecule has 4 rings (SSSR count). The van der Waals surface area contributed by atoms with Gasteiger partial charge < -0.3 is 19.7 Å². The first-order valence-corrected chi connectivity index (χ1v) is 16.2. The molecule has 1 aliphatic heterocycles. The van der Waals surface area contributed by atoms with Gasteiger partial charge >= 0.3 is 0 Å². The Morgan fingerprint density at radius 2 is 1.53 bits per heavy atom. The lowest BCUT2D eigenvalue weighted by atomic mass is 10.1. The first-order chi connectivity index (χ1) is 21.9. The predicted octanol–water partition coefficient (Wildman–Crippen LogP) is 8.53. The average molecular weight is 610 g/mol. The summed E-state index contributed by atoms with van der Waals surface area (Å²) in [5.41, 5.74) is 5.70. The van der Waals surface area contributed by atoms with Gasteiger partial charge in [0, 0.05) is 36.4 Å². The van der Waals surface area contributed by atoms with Crippen LogP contribution in [0.15, 0.2) is 75.6 Å². The van der Waals surface area contributed by atoms with Crippen LogP contribution in [0, 0.1) is 6.92 Å². The summed E-state index contributed by atoms with van der Waals surface area (Å²) in [6, 6.07) is 19.5. The second kappa shape index (κ2) is 16.6. The number of hydrogen-bond acceptors (Lipinski definition) is 6. The van der Waals surface area contributed by atoms with Crippen molar-refractivity contribution in [3.05, 3.63) is 77.4 Å². The Bertz CT molecular complexity index is 1560. The van der Waals surface area contributed by atoms with Gasteiger partial charge in [0.2, 0.25) is 5.91 Å². The van der Waals surface area contributed by atoms with Crippen molar-refractivity contribution in [2.75, 3.05) is 37.5 Å². The molecule has 8 nitrogen and oxygen atoms in total. The van der Waals surface area contributed by atoms with Crippen LogP contribution in [-0.4, -0.2) is 50.6 Å². The molecule has 1 heterocycles. The van der Waals surface area contributed by atoms with Crippen molar-refractivity contribution in [3.8, 4) is 11.5 Å². The standard InChI is InChI=1S/C37H47N5O3/c1-7-10-11-12-13-14-19-34(43)38-27-20-23-33(45-6)30(25-27)35-37(41-36(40-35)29-17-15-16-18-32(29)44-5)39-31-22-21-28(24-26(31)4)42(8-2)9-3/h15-18,20-25H,7-14,19H2,1-6H3,(H,38,43). The monoisotopic (exact) mass is 609 g/mol. The van der Waals surface area contributed by atoms with Crippen molar-refractivity contribution in [1.29, 1.82) is 0 Å². The molecule has 1 amide bonds. The number of amidine groups is 2. The van der Waals surface area contributed by atoms with Crippen LogP contribution in [0.5, 0.6) is 11.5 Å². The van der Waals surface area contributed by atoms with Gasteiger partial charge in [0.15, 0.2) is 11.7 Å². The first kappa shape index (κ1) is 33.4. The molecule has 8 heteroatoms. The summed E-state index contributed by atoms with van der Waals surface area (Å²) >= 11 is 0. The topological polar surface area (TPSA) is 87.9 Å². The summed E-state index contributed by atoms with van der Waals surface area (Å²) in [5, 5.41) is 3.07. The molecule has 0 unspecified atom stereocenters. The molecule has 0 atom stereocenters. The van der Waals surface area contributed by atoms with Gasteiger partial charge in [-0.3, -0.25) is 4.79 Å². The Morgan fingerprint density at radius 1 is 0.822 bits per heavy atom. The fourth-order valence-electron chi connectivity index (χ4n) is 5.47. The van der Waals surface area contributed by atoms with Gasteiger partial charge in [0.1, 0.15) is 17.2 Å². The molecular weight excluding hydrogens is 562 g/mol. The number of para-hydroxylation sites is 1. The molecule has 1 N–H and O–H groups in total. The number of unbranched alkanes of at least 4 members (excludes halogenated alkanes) is 5. The van der Waals surface area contributed by atoms with Gasteiger partial charge in [-0.15, -0.1) is 0 Å². The number of ether oxygens (including phenoxy) is 2. The average Bonchev–Trinajstić information content (AvgIpc) is 3.47. The molecule has 0 aliphatic carbocycles. The summed E-state index contributed by atoms with van der Waals surface area (Å²) in [6.45, 7) is 10.4. The van der Waals surface area contributed by atoms with E-state index < -0.39 is 0 Å².